The van der Waals surface area contributed by atoms with E-state index in [9.17, 15) is 24.3 Å². The monoisotopic (exact) mass is 962 g/mol. The van der Waals surface area contributed by atoms with Gasteiger partial charge in [-0.2, -0.15) is 0 Å². The summed E-state index contributed by atoms with van der Waals surface area (Å²) in [6, 6.07) is 9.62. The number of aliphatic hydroxyl groups is 1. The highest BCUT2D eigenvalue weighted by Gasteiger charge is 2.87. The lowest BCUT2D eigenvalue weighted by Gasteiger charge is -2.51. The number of ether oxygens (including phenoxy) is 9. The SMILES string of the molecule is C=C(CC[C@@]12O[C@H](C(=O)OC(C)(C)C)[C@@](O)(C(=O)OC(C)(C)C)[C@@](C(=O)OC(C)(C)C)(O1)[C@H](OC(=O)NCCCCCCCCCC)[C@H]2OC(C)(C)OC)C(OC(C)=O)C(C)Cc1ccccc1. The normalized spacial score (nSPS) is 24.9. The molecule has 1 aromatic rings. The second kappa shape index (κ2) is 23.7. The minimum Gasteiger partial charge on any atom is -0.458 e. The summed E-state index contributed by atoms with van der Waals surface area (Å²) in [5.74, 6) is -9.09. The van der Waals surface area contributed by atoms with Crippen LogP contribution in [0.2, 0.25) is 0 Å². The molecule has 0 aromatic heterocycles. The van der Waals surface area contributed by atoms with Crippen molar-refractivity contribution in [3.05, 3.63) is 48.0 Å². The van der Waals surface area contributed by atoms with E-state index in [0.29, 0.717) is 18.4 Å². The van der Waals surface area contributed by atoms with E-state index in [0.717, 1.165) is 44.1 Å². The predicted molar refractivity (Wildman–Crippen MR) is 254 cm³/mol. The third kappa shape index (κ3) is 15.5. The molecule has 1 aromatic carbocycles. The van der Waals surface area contributed by atoms with Gasteiger partial charge >= 0.3 is 30.0 Å². The van der Waals surface area contributed by atoms with Gasteiger partial charge in [-0.15, -0.1) is 0 Å². The number of hydrogen-bond donors (Lipinski definition) is 2. The van der Waals surface area contributed by atoms with Crippen molar-refractivity contribution >= 4 is 30.0 Å². The number of amides is 1. The smallest absolute Gasteiger partial charge is 0.407 e. The molecule has 8 atom stereocenters. The van der Waals surface area contributed by atoms with Gasteiger partial charge in [-0.3, -0.25) is 4.79 Å². The first-order valence-electron chi connectivity index (χ1n) is 24.2. The van der Waals surface area contributed by atoms with Crippen LogP contribution in [0.3, 0.4) is 0 Å². The molecule has 16 heteroatoms. The maximum atomic E-state index is 15.4. The van der Waals surface area contributed by atoms with Gasteiger partial charge in [0.1, 0.15) is 22.9 Å². The number of esters is 4. The number of hydrogen-bond acceptors (Lipinski definition) is 15. The van der Waals surface area contributed by atoms with Crippen LogP contribution in [-0.4, -0.2) is 113 Å². The Morgan fingerprint density at radius 3 is 1.87 bits per heavy atom. The summed E-state index contributed by atoms with van der Waals surface area (Å²) in [6.45, 7) is 26.8. The Kier molecular flexibility index (Phi) is 20.3. The Hall–Kier alpha value is -4.09. The molecule has 0 saturated carbocycles. The zero-order valence-corrected chi connectivity index (χ0v) is 43.6. The van der Waals surface area contributed by atoms with Gasteiger partial charge in [-0.1, -0.05) is 95.7 Å². The first-order chi connectivity index (χ1) is 31.4. The van der Waals surface area contributed by atoms with E-state index in [-0.39, 0.29) is 25.3 Å². The third-order valence-electron chi connectivity index (χ3n) is 11.6. The number of carbonyl (C=O) groups is 5. The van der Waals surface area contributed by atoms with Crippen molar-refractivity contribution in [3.63, 3.8) is 0 Å². The highest BCUT2D eigenvalue weighted by atomic mass is 16.8. The van der Waals surface area contributed by atoms with Crippen molar-refractivity contribution in [2.45, 2.75) is 232 Å². The molecule has 2 fully saturated rings. The van der Waals surface area contributed by atoms with E-state index in [4.69, 9.17) is 42.6 Å². The summed E-state index contributed by atoms with van der Waals surface area (Å²) in [6.07, 6.45) is -0.183. The van der Waals surface area contributed by atoms with Crippen LogP contribution in [0.5, 0.6) is 0 Å². The second-order valence-electron chi connectivity index (χ2n) is 21.7. The fourth-order valence-corrected chi connectivity index (χ4v) is 8.41. The first kappa shape index (κ1) is 58.2. The maximum Gasteiger partial charge on any atom is 0.407 e. The van der Waals surface area contributed by atoms with Crippen LogP contribution in [0.25, 0.3) is 0 Å². The average Bonchev–Trinajstić information content (AvgIpc) is 3.43. The average molecular weight is 962 g/mol. The molecule has 2 unspecified atom stereocenters. The largest absolute Gasteiger partial charge is 0.458 e. The molecule has 2 bridgehead atoms. The lowest BCUT2D eigenvalue weighted by Crippen LogP contribution is -2.79. The van der Waals surface area contributed by atoms with Gasteiger partial charge in [0.25, 0.3) is 5.60 Å². The summed E-state index contributed by atoms with van der Waals surface area (Å²) < 4.78 is 55.7. The lowest BCUT2D eigenvalue weighted by molar-refractivity contribution is -0.387. The van der Waals surface area contributed by atoms with Gasteiger partial charge in [0.15, 0.2) is 18.0 Å². The maximum absolute atomic E-state index is 15.4. The van der Waals surface area contributed by atoms with Crippen molar-refractivity contribution in [3.8, 4) is 0 Å². The van der Waals surface area contributed by atoms with E-state index in [1.807, 2.05) is 37.3 Å². The van der Waals surface area contributed by atoms with Crippen LogP contribution >= 0.6 is 0 Å². The molecule has 3 rings (SSSR count). The molecule has 68 heavy (non-hydrogen) atoms. The summed E-state index contributed by atoms with van der Waals surface area (Å²) in [7, 11) is 1.35. The minimum atomic E-state index is -3.51. The summed E-state index contributed by atoms with van der Waals surface area (Å²) >= 11 is 0. The van der Waals surface area contributed by atoms with Crippen LogP contribution in [-0.2, 0) is 68.2 Å². The second-order valence-corrected chi connectivity index (χ2v) is 21.7. The number of rotatable bonds is 24. The Balaban J connectivity index is 2.35. The van der Waals surface area contributed by atoms with Crippen molar-refractivity contribution in [2.75, 3.05) is 13.7 Å². The van der Waals surface area contributed by atoms with Gasteiger partial charge in [-0.05, 0) is 107 Å². The molecule has 2 saturated heterocycles. The van der Waals surface area contributed by atoms with Gasteiger partial charge in [0.05, 0.1) is 0 Å². The number of methoxy groups -OCH3 is 1. The summed E-state index contributed by atoms with van der Waals surface area (Å²) in [5.41, 5.74) is -9.23. The quantitative estimate of drug-likeness (QED) is 0.0327. The summed E-state index contributed by atoms with van der Waals surface area (Å²) in [4.78, 5) is 72.0. The molecule has 16 nitrogen and oxygen atoms in total. The Bertz CT molecular complexity index is 1860. The molecule has 386 valence electrons. The Morgan fingerprint density at radius 2 is 1.34 bits per heavy atom. The van der Waals surface area contributed by atoms with Crippen LogP contribution in [0.1, 0.15) is 167 Å². The predicted octanol–water partition coefficient (Wildman–Crippen LogP) is 8.76. The van der Waals surface area contributed by atoms with E-state index < -0.39 is 94.0 Å². The zero-order chi connectivity index (χ0) is 51.5. The van der Waals surface area contributed by atoms with Crippen LogP contribution in [0, 0.1) is 5.92 Å². The number of unbranched alkanes of at least 4 members (excludes halogenated alkanes) is 7. The number of carbonyl (C=O) groups excluding carboxylic acids is 5. The molecule has 1 amide bonds. The molecule has 0 aliphatic carbocycles. The van der Waals surface area contributed by atoms with Crippen molar-refractivity contribution < 1.29 is 71.7 Å². The molecular weight excluding hydrogens is 879 g/mol. The fourth-order valence-electron chi connectivity index (χ4n) is 8.41. The van der Waals surface area contributed by atoms with Crippen molar-refractivity contribution in [1.82, 2.24) is 5.32 Å². The number of fused-ring (bicyclic) bond motifs is 2. The van der Waals surface area contributed by atoms with E-state index in [1.54, 1.807) is 41.5 Å². The van der Waals surface area contributed by atoms with Crippen LogP contribution in [0.15, 0.2) is 42.5 Å². The number of alkyl carbamates (subject to hydrolysis) is 1. The topological polar surface area (TPSA) is 201 Å². The lowest BCUT2D eigenvalue weighted by atomic mass is 9.74. The summed E-state index contributed by atoms with van der Waals surface area (Å²) in [5, 5.41) is 16.2. The molecule has 2 N–H and O–H groups in total. The van der Waals surface area contributed by atoms with Gasteiger partial charge in [-0.25, -0.2) is 19.2 Å². The van der Waals surface area contributed by atoms with E-state index in [1.165, 1.54) is 55.1 Å². The zero-order valence-electron chi connectivity index (χ0n) is 43.6. The van der Waals surface area contributed by atoms with E-state index >= 15 is 4.79 Å². The molecule has 2 aliphatic rings. The standard InChI is InChI=1S/C52H83NO15/c1-17-18-19-20-21-22-23-27-32-53-45(58)62-40-39(63-49(14,15)60-16)50(31-30-34(2)38(61-36(4)54)35(3)33-37-28-25-24-26-29-37)64-41(42(55)65-46(5,6)7)51(59,43(56)66-47(8,9)10)52(40,68-50)44(57)67-48(11,12)13/h24-26,28-29,35,38-41,59H,2,17-23,27,30-33H2,1,3-16H3,(H,53,58)/t35?,38?,39-,40-,41-,50-,51-,52-/m1/s1. The van der Waals surface area contributed by atoms with Gasteiger partial charge in [0, 0.05) is 32.9 Å². The highest BCUT2D eigenvalue weighted by Crippen LogP contribution is 2.59. The molecule has 0 radical (unpaired) electrons. The Morgan fingerprint density at radius 1 is 0.794 bits per heavy atom. The molecule has 2 aliphatic heterocycles. The van der Waals surface area contributed by atoms with Gasteiger partial charge in [0.2, 0.25) is 17.5 Å². The van der Waals surface area contributed by atoms with Crippen molar-refractivity contribution in [2.24, 2.45) is 5.92 Å². The molecule has 0 spiro atoms. The van der Waals surface area contributed by atoms with Crippen LogP contribution in [0.4, 0.5) is 4.79 Å². The fraction of sp³-hybridized carbons (Fsp3) is 0.750. The Labute approximate surface area is 405 Å². The number of benzene rings is 1. The number of nitrogens with one attached hydrogen (secondary N) is 1. The van der Waals surface area contributed by atoms with Crippen LogP contribution < -0.4 is 5.32 Å². The first-order valence-corrected chi connectivity index (χ1v) is 24.2. The highest BCUT2D eigenvalue weighted by molar-refractivity contribution is 6.00. The van der Waals surface area contributed by atoms with Gasteiger partial charge < -0.3 is 53.1 Å². The minimum absolute atomic E-state index is 0.0992. The van der Waals surface area contributed by atoms with E-state index in [2.05, 4.69) is 18.8 Å². The molecule has 2 heterocycles. The van der Waals surface area contributed by atoms with Crippen molar-refractivity contribution in [1.29, 1.82) is 0 Å². The third-order valence-corrected chi connectivity index (χ3v) is 11.6. The molecular formula is C52H83NO15.